The summed E-state index contributed by atoms with van der Waals surface area (Å²) in [5.41, 5.74) is 0.748. The molecule has 0 aliphatic carbocycles. The van der Waals surface area contributed by atoms with Crippen LogP contribution in [0.1, 0.15) is 19.3 Å². The molecule has 102 valence electrons. The number of anilines is 1. The molecule has 0 N–H and O–H groups in total. The van der Waals surface area contributed by atoms with Gasteiger partial charge in [-0.2, -0.15) is 0 Å². The first kappa shape index (κ1) is 12.1. The number of hydrogen-bond acceptors (Lipinski definition) is 5. The van der Waals surface area contributed by atoms with Crippen molar-refractivity contribution in [2.24, 2.45) is 0 Å². The van der Waals surface area contributed by atoms with Crippen molar-refractivity contribution < 1.29 is 14.4 Å². The first-order chi connectivity index (χ1) is 9.25. The highest BCUT2D eigenvalue weighted by molar-refractivity contribution is 5.70. The van der Waals surface area contributed by atoms with Crippen molar-refractivity contribution in [2.45, 2.75) is 19.3 Å². The molecule has 1 saturated heterocycles. The molecule has 0 amide bonds. The van der Waals surface area contributed by atoms with Gasteiger partial charge in [0.25, 0.3) is 5.69 Å². The molecule has 0 unspecified atom stereocenters. The van der Waals surface area contributed by atoms with Gasteiger partial charge in [-0.1, -0.05) is 0 Å². The van der Waals surface area contributed by atoms with Crippen LogP contribution in [-0.4, -0.2) is 31.2 Å². The zero-order chi connectivity index (χ0) is 13.2. The number of nitro groups is 1. The van der Waals surface area contributed by atoms with Crippen LogP contribution in [0.2, 0.25) is 0 Å². The molecule has 0 bridgehead atoms. The van der Waals surface area contributed by atoms with E-state index in [1.165, 1.54) is 6.07 Å². The van der Waals surface area contributed by atoms with Gasteiger partial charge in [0, 0.05) is 25.6 Å². The standard InChI is InChI=1S/C13H16N2O4/c16-15(17)11-9-13-12(18-6-3-7-19-13)8-10(11)14-4-1-2-5-14/h8-9H,1-7H2. The number of nitro benzene ring substituents is 1. The van der Waals surface area contributed by atoms with Gasteiger partial charge in [0.2, 0.25) is 0 Å². The van der Waals surface area contributed by atoms with Crippen LogP contribution in [0.15, 0.2) is 12.1 Å². The topological polar surface area (TPSA) is 64.8 Å². The minimum absolute atomic E-state index is 0.103. The molecular formula is C13H16N2O4. The SMILES string of the molecule is O=[N+]([O-])c1cc2c(cc1N1CCCC1)OCCCO2. The fraction of sp³-hybridized carbons (Fsp3) is 0.538. The summed E-state index contributed by atoms with van der Waals surface area (Å²) in [5, 5.41) is 11.2. The minimum atomic E-state index is -0.345. The van der Waals surface area contributed by atoms with E-state index in [1.54, 1.807) is 6.07 Å². The Morgan fingerprint density at radius 1 is 1.05 bits per heavy atom. The van der Waals surface area contributed by atoms with E-state index in [0.717, 1.165) is 32.4 Å². The van der Waals surface area contributed by atoms with Gasteiger partial charge in [0.05, 0.1) is 24.2 Å². The fourth-order valence-electron chi connectivity index (χ4n) is 2.54. The maximum Gasteiger partial charge on any atom is 0.296 e. The van der Waals surface area contributed by atoms with Crippen LogP contribution < -0.4 is 14.4 Å². The largest absolute Gasteiger partial charge is 0.489 e. The highest BCUT2D eigenvalue weighted by Crippen LogP contribution is 2.41. The van der Waals surface area contributed by atoms with Gasteiger partial charge in [-0.15, -0.1) is 0 Å². The fourth-order valence-corrected chi connectivity index (χ4v) is 2.54. The van der Waals surface area contributed by atoms with Crippen LogP contribution in [0.4, 0.5) is 11.4 Å². The molecular weight excluding hydrogens is 248 g/mol. The predicted molar refractivity (Wildman–Crippen MR) is 70.2 cm³/mol. The summed E-state index contributed by atoms with van der Waals surface area (Å²) in [7, 11) is 0. The second-order valence-electron chi connectivity index (χ2n) is 4.79. The van der Waals surface area contributed by atoms with Crippen LogP contribution in [0.25, 0.3) is 0 Å². The van der Waals surface area contributed by atoms with Gasteiger partial charge in [0.15, 0.2) is 11.5 Å². The molecule has 3 rings (SSSR count). The number of benzene rings is 1. The van der Waals surface area contributed by atoms with Crippen molar-refractivity contribution in [1.29, 1.82) is 0 Å². The third-order valence-corrected chi connectivity index (χ3v) is 3.49. The Morgan fingerprint density at radius 2 is 1.68 bits per heavy atom. The van der Waals surface area contributed by atoms with Crippen LogP contribution in [0.3, 0.4) is 0 Å². The molecule has 0 saturated carbocycles. The lowest BCUT2D eigenvalue weighted by Crippen LogP contribution is -2.19. The molecule has 19 heavy (non-hydrogen) atoms. The Balaban J connectivity index is 2.05. The van der Waals surface area contributed by atoms with E-state index >= 15 is 0 Å². The molecule has 1 aromatic carbocycles. The Kier molecular flexibility index (Phi) is 3.15. The number of fused-ring (bicyclic) bond motifs is 1. The first-order valence-electron chi connectivity index (χ1n) is 6.59. The van der Waals surface area contributed by atoms with Crippen LogP contribution in [0.5, 0.6) is 11.5 Å². The number of rotatable bonds is 2. The summed E-state index contributed by atoms with van der Waals surface area (Å²) in [6, 6.07) is 3.25. The maximum absolute atomic E-state index is 11.2. The third-order valence-electron chi connectivity index (χ3n) is 3.49. The summed E-state index contributed by atoms with van der Waals surface area (Å²) in [6.07, 6.45) is 2.94. The molecule has 0 radical (unpaired) electrons. The molecule has 1 fully saturated rings. The predicted octanol–water partition coefficient (Wildman–Crippen LogP) is 2.36. The van der Waals surface area contributed by atoms with Crippen molar-refractivity contribution in [2.75, 3.05) is 31.2 Å². The van der Waals surface area contributed by atoms with Gasteiger partial charge < -0.3 is 14.4 Å². The van der Waals surface area contributed by atoms with Crippen LogP contribution in [0, 0.1) is 10.1 Å². The average Bonchev–Trinajstić information content (AvgIpc) is 2.83. The second-order valence-corrected chi connectivity index (χ2v) is 4.79. The lowest BCUT2D eigenvalue weighted by atomic mass is 10.2. The molecule has 0 atom stereocenters. The molecule has 6 nitrogen and oxygen atoms in total. The van der Waals surface area contributed by atoms with Crippen molar-refractivity contribution in [3.8, 4) is 11.5 Å². The minimum Gasteiger partial charge on any atom is -0.489 e. The van der Waals surface area contributed by atoms with Gasteiger partial charge in [-0.05, 0) is 12.8 Å². The lowest BCUT2D eigenvalue weighted by Gasteiger charge is -2.19. The van der Waals surface area contributed by atoms with Crippen molar-refractivity contribution >= 4 is 11.4 Å². The average molecular weight is 264 g/mol. The van der Waals surface area contributed by atoms with Crippen LogP contribution >= 0.6 is 0 Å². The van der Waals surface area contributed by atoms with E-state index in [1.807, 2.05) is 4.90 Å². The summed E-state index contributed by atoms with van der Waals surface area (Å²) in [5.74, 6) is 1.09. The summed E-state index contributed by atoms with van der Waals surface area (Å²) < 4.78 is 11.1. The number of ether oxygens (including phenoxy) is 2. The van der Waals surface area contributed by atoms with Crippen molar-refractivity contribution in [1.82, 2.24) is 0 Å². The van der Waals surface area contributed by atoms with E-state index in [0.29, 0.717) is 30.4 Å². The highest BCUT2D eigenvalue weighted by Gasteiger charge is 2.26. The molecule has 6 heteroatoms. The lowest BCUT2D eigenvalue weighted by molar-refractivity contribution is -0.384. The summed E-state index contributed by atoms with van der Waals surface area (Å²) >= 11 is 0. The zero-order valence-corrected chi connectivity index (χ0v) is 10.6. The highest BCUT2D eigenvalue weighted by atomic mass is 16.6. The van der Waals surface area contributed by atoms with Gasteiger partial charge in [-0.3, -0.25) is 10.1 Å². The van der Waals surface area contributed by atoms with Gasteiger partial charge >= 0.3 is 0 Å². The number of nitrogens with zero attached hydrogens (tertiary/aromatic N) is 2. The van der Waals surface area contributed by atoms with Gasteiger partial charge in [0.1, 0.15) is 5.69 Å². The maximum atomic E-state index is 11.2. The Bertz CT molecular complexity index is 498. The number of hydrogen-bond donors (Lipinski definition) is 0. The zero-order valence-electron chi connectivity index (χ0n) is 10.6. The van der Waals surface area contributed by atoms with Gasteiger partial charge in [-0.25, -0.2) is 0 Å². The normalized spacial score (nSPS) is 18.2. The van der Waals surface area contributed by atoms with E-state index in [2.05, 4.69) is 0 Å². The van der Waals surface area contributed by atoms with E-state index in [9.17, 15) is 10.1 Å². The Labute approximate surface area is 111 Å². The molecule has 2 aliphatic heterocycles. The Morgan fingerprint density at radius 3 is 2.32 bits per heavy atom. The smallest absolute Gasteiger partial charge is 0.296 e. The quantitative estimate of drug-likeness (QED) is 0.606. The van der Waals surface area contributed by atoms with Crippen molar-refractivity contribution in [3.63, 3.8) is 0 Å². The van der Waals surface area contributed by atoms with Crippen LogP contribution in [-0.2, 0) is 0 Å². The monoisotopic (exact) mass is 264 g/mol. The molecule has 0 aromatic heterocycles. The van der Waals surface area contributed by atoms with E-state index in [4.69, 9.17) is 9.47 Å². The molecule has 2 heterocycles. The third kappa shape index (κ3) is 2.30. The molecule has 2 aliphatic rings. The van der Waals surface area contributed by atoms with Crippen molar-refractivity contribution in [3.05, 3.63) is 22.2 Å². The molecule has 1 aromatic rings. The molecule has 0 spiro atoms. The van der Waals surface area contributed by atoms with E-state index in [-0.39, 0.29) is 10.6 Å². The summed E-state index contributed by atoms with van der Waals surface area (Å²) in [4.78, 5) is 12.9. The first-order valence-corrected chi connectivity index (χ1v) is 6.59. The van der Waals surface area contributed by atoms with E-state index < -0.39 is 0 Å². The summed E-state index contributed by atoms with van der Waals surface area (Å²) in [6.45, 7) is 2.85. The second kappa shape index (κ2) is 4.95. The Hall–Kier alpha value is -1.98.